The molecule has 8 aromatic rings. The molecule has 0 saturated carbocycles. The zero-order valence-electron chi connectivity index (χ0n) is 41.0. The molecule has 8 rings (SSSR count). The van der Waals surface area contributed by atoms with Gasteiger partial charge in [-0.15, -0.1) is 22.7 Å². The highest BCUT2D eigenvalue weighted by molar-refractivity contribution is 7.19. The van der Waals surface area contributed by atoms with Gasteiger partial charge in [-0.05, 0) is 143 Å². The van der Waals surface area contributed by atoms with Crippen LogP contribution in [0.2, 0.25) is 0 Å². The van der Waals surface area contributed by atoms with Crippen LogP contribution >= 0.6 is 22.7 Å². The van der Waals surface area contributed by atoms with Crippen molar-refractivity contribution in [2.45, 2.75) is 118 Å². The average Bonchev–Trinajstić information content (AvgIpc) is 4.03. The molecule has 2 nitrogen and oxygen atoms in total. The summed E-state index contributed by atoms with van der Waals surface area (Å²) < 4.78 is 6.36. The number of aryl methyl sites for hydroxylation is 2. The molecule has 2 aromatic heterocycles. The number of nitrogens with zero attached hydrogens (tertiary/aromatic N) is 1. The van der Waals surface area contributed by atoms with Crippen LogP contribution in [0.15, 0.2) is 170 Å². The lowest BCUT2D eigenvalue weighted by Crippen LogP contribution is -2.12. The zero-order valence-corrected chi connectivity index (χ0v) is 42.7. The van der Waals surface area contributed by atoms with Crippen molar-refractivity contribution in [1.29, 1.82) is 0 Å². The molecular formula is C64H71NOS2. The number of hydrogen-bond acceptors (Lipinski definition) is 4. The monoisotopic (exact) mass is 933 g/mol. The lowest BCUT2D eigenvalue weighted by Gasteiger charge is -2.26. The summed E-state index contributed by atoms with van der Waals surface area (Å²) in [5.41, 5.74) is 14.0. The predicted octanol–water partition coefficient (Wildman–Crippen LogP) is 20.5. The second-order valence-corrected chi connectivity index (χ2v) is 20.6. The molecule has 0 bridgehead atoms. The Morgan fingerprint density at radius 3 is 1.29 bits per heavy atom. The van der Waals surface area contributed by atoms with E-state index in [1.54, 1.807) is 0 Å². The third-order valence-corrected chi connectivity index (χ3v) is 16.0. The van der Waals surface area contributed by atoms with Gasteiger partial charge in [-0.3, -0.25) is 0 Å². The largest absolute Gasteiger partial charge is 0.493 e. The van der Waals surface area contributed by atoms with Crippen LogP contribution in [0.4, 0.5) is 17.1 Å². The van der Waals surface area contributed by atoms with Crippen LogP contribution in [-0.4, -0.2) is 6.61 Å². The Labute approximate surface area is 416 Å². The van der Waals surface area contributed by atoms with E-state index >= 15 is 0 Å². The minimum Gasteiger partial charge on any atom is -0.493 e. The summed E-state index contributed by atoms with van der Waals surface area (Å²) in [4.78, 5) is 7.88. The van der Waals surface area contributed by atoms with Crippen LogP contribution in [0.3, 0.4) is 0 Å². The smallest absolute Gasteiger partial charge is 0.119 e. The van der Waals surface area contributed by atoms with Gasteiger partial charge in [-0.2, -0.15) is 0 Å². The first-order valence-electron chi connectivity index (χ1n) is 25.8. The van der Waals surface area contributed by atoms with Crippen molar-refractivity contribution in [3.8, 4) is 58.6 Å². The standard InChI is InChI=1S/C64H71NOS2/c1-5-9-12-16-27-55-45-61(51-25-20-15-21-26-51)67-63(55)53-29-31-54(32-30-53)64-56(28-17-13-10-6-2)46-62(68-64)52-35-39-58(40-36-52)65(57-37-33-50(34-38-57)49-23-18-14-19-24-49)59-41-43-60(44-42-59)66-47-48(8-4)22-11-7-3/h14-15,18-21,23-26,29-46,48H,5-13,16-17,22,27-28,47H2,1-4H3. The minimum absolute atomic E-state index is 0.591. The van der Waals surface area contributed by atoms with E-state index in [-0.39, 0.29) is 0 Å². The van der Waals surface area contributed by atoms with E-state index in [1.165, 1.54) is 135 Å². The first kappa shape index (κ1) is 48.8. The second kappa shape index (κ2) is 25.1. The molecule has 0 radical (unpaired) electrons. The maximum atomic E-state index is 6.36. The molecule has 350 valence electrons. The Hall–Kier alpha value is -5.68. The molecule has 0 saturated heterocycles. The molecule has 2 heterocycles. The summed E-state index contributed by atoms with van der Waals surface area (Å²) in [5, 5.41) is 0. The van der Waals surface area contributed by atoms with Crippen molar-refractivity contribution in [3.05, 3.63) is 181 Å². The van der Waals surface area contributed by atoms with Crippen LogP contribution in [0.1, 0.15) is 116 Å². The number of benzene rings is 6. The Morgan fingerprint density at radius 2 is 0.824 bits per heavy atom. The molecule has 0 aliphatic heterocycles. The summed E-state index contributed by atoms with van der Waals surface area (Å²) in [5.74, 6) is 1.52. The number of anilines is 3. The molecule has 6 aromatic carbocycles. The van der Waals surface area contributed by atoms with E-state index in [9.17, 15) is 0 Å². The van der Waals surface area contributed by atoms with Crippen LogP contribution in [0.5, 0.6) is 5.75 Å². The van der Waals surface area contributed by atoms with Crippen molar-refractivity contribution < 1.29 is 4.74 Å². The van der Waals surface area contributed by atoms with E-state index in [4.69, 9.17) is 4.74 Å². The Balaban J connectivity index is 1.08. The Kier molecular flexibility index (Phi) is 18.0. The minimum atomic E-state index is 0.591. The molecule has 0 spiro atoms. The fourth-order valence-corrected chi connectivity index (χ4v) is 11.8. The predicted molar refractivity (Wildman–Crippen MR) is 299 cm³/mol. The van der Waals surface area contributed by atoms with Crippen LogP contribution in [-0.2, 0) is 12.8 Å². The van der Waals surface area contributed by atoms with E-state index in [2.05, 4.69) is 202 Å². The fourth-order valence-electron chi connectivity index (χ4n) is 9.32. The SMILES string of the molecule is CCCCCCc1cc(-c2ccccc2)sc1-c1ccc(-c2sc(-c3ccc(N(c4ccc(OCC(CC)CCCC)cc4)c4ccc(-c5ccccc5)cc4)cc3)cc2CCCCCC)cc1. The van der Waals surface area contributed by atoms with Crippen LogP contribution < -0.4 is 9.64 Å². The van der Waals surface area contributed by atoms with E-state index in [0.29, 0.717) is 5.92 Å². The second-order valence-electron chi connectivity index (χ2n) is 18.5. The lowest BCUT2D eigenvalue weighted by atomic mass is 9.99. The summed E-state index contributed by atoms with van der Waals surface area (Å²) in [6.45, 7) is 9.91. The molecule has 0 N–H and O–H groups in total. The summed E-state index contributed by atoms with van der Waals surface area (Å²) in [6.07, 6.45) is 17.2. The normalized spacial score (nSPS) is 11.8. The Morgan fingerprint density at radius 1 is 0.412 bits per heavy atom. The quantitative estimate of drug-likeness (QED) is 0.0530. The molecule has 1 atom stereocenters. The number of ether oxygens (including phenoxy) is 1. The molecular weight excluding hydrogens is 863 g/mol. The van der Waals surface area contributed by atoms with E-state index in [0.717, 1.165) is 48.7 Å². The van der Waals surface area contributed by atoms with Gasteiger partial charge in [0, 0.05) is 36.6 Å². The van der Waals surface area contributed by atoms with Crippen molar-refractivity contribution in [1.82, 2.24) is 0 Å². The molecule has 0 aliphatic carbocycles. The third kappa shape index (κ3) is 12.7. The van der Waals surface area contributed by atoms with Crippen molar-refractivity contribution in [3.63, 3.8) is 0 Å². The first-order chi connectivity index (χ1) is 33.5. The van der Waals surface area contributed by atoms with Gasteiger partial charge in [0.15, 0.2) is 0 Å². The number of thiophene rings is 2. The van der Waals surface area contributed by atoms with Crippen LogP contribution in [0, 0.1) is 5.92 Å². The van der Waals surface area contributed by atoms with Gasteiger partial charge in [0.25, 0.3) is 0 Å². The number of hydrogen-bond donors (Lipinski definition) is 0. The zero-order chi connectivity index (χ0) is 46.9. The van der Waals surface area contributed by atoms with Gasteiger partial charge in [0.1, 0.15) is 5.75 Å². The first-order valence-corrected chi connectivity index (χ1v) is 27.4. The van der Waals surface area contributed by atoms with Crippen molar-refractivity contribution in [2.24, 2.45) is 5.92 Å². The number of rotatable bonds is 25. The Bertz CT molecular complexity index is 2700. The van der Waals surface area contributed by atoms with Gasteiger partial charge < -0.3 is 9.64 Å². The molecule has 0 aliphatic rings. The van der Waals surface area contributed by atoms with Gasteiger partial charge in [-0.1, -0.05) is 195 Å². The number of unbranched alkanes of at least 4 members (excludes halogenated alkanes) is 7. The summed E-state index contributed by atoms with van der Waals surface area (Å²) in [7, 11) is 0. The molecule has 4 heteroatoms. The third-order valence-electron chi connectivity index (χ3n) is 13.5. The van der Waals surface area contributed by atoms with Gasteiger partial charge in [-0.25, -0.2) is 0 Å². The van der Waals surface area contributed by atoms with E-state index < -0.39 is 0 Å². The summed E-state index contributed by atoms with van der Waals surface area (Å²) >= 11 is 3.90. The van der Waals surface area contributed by atoms with E-state index in [1.807, 2.05) is 22.7 Å². The molecule has 68 heavy (non-hydrogen) atoms. The fraction of sp³-hybridized carbons (Fsp3) is 0.312. The van der Waals surface area contributed by atoms with Crippen LogP contribution in [0.25, 0.3) is 52.9 Å². The van der Waals surface area contributed by atoms with Gasteiger partial charge in [0.2, 0.25) is 0 Å². The molecule has 0 amide bonds. The topological polar surface area (TPSA) is 12.5 Å². The maximum absolute atomic E-state index is 6.36. The van der Waals surface area contributed by atoms with Gasteiger partial charge >= 0.3 is 0 Å². The van der Waals surface area contributed by atoms with Gasteiger partial charge in [0.05, 0.1) is 6.61 Å². The average molecular weight is 934 g/mol. The highest BCUT2D eigenvalue weighted by atomic mass is 32.1. The highest BCUT2D eigenvalue weighted by Crippen LogP contribution is 2.44. The molecule has 0 fully saturated rings. The highest BCUT2D eigenvalue weighted by Gasteiger charge is 2.18. The molecule has 1 unspecified atom stereocenters. The van der Waals surface area contributed by atoms with Crippen molar-refractivity contribution >= 4 is 39.7 Å². The lowest BCUT2D eigenvalue weighted by molar-refractivity contribution is 0.233. The summed E-state index contributed by atoms with van der Waals surface area (Å²) in [6, 6.07) is 62.9. The van der Waals surface area contributed by atoms with Crippen molar-refractivity contribution in [2.75, 3.05) is 11.5 Å². The maximum Gasteiger partial charge on any atom is 0.119 e.